The van der Waals surface area contributed by atoms with Gasteiger partial charge < -0.3 is 5.32 Å². The Morgan fingerprint density at radius 3 is 2.94 bits per heavy atom. The van der Waals surface area contributed by atoms with Crippen molar-refractivity contribution in [2.45, 2.75) is 19.9 Å². The lowest BCUT2D eigenvalue weighted by molar-refractivity contribution is -0.124. The van der Waals surface area contributed by atoms with E-state index < -0.39 is 9.84 Å². The van der Waals surface area contributed by atoms with Crippen LogP contribution in [0.5, 0.6) is 0 Å². The summed E-state index contributed by atoms with van der Waals surface area (Å²) in [6.07, 6.45) is 0.436. The Hall–Kier alpha value is -0.950. The second kappa shape index (κ2) is 4.73. The Labute approximate surface area is 104 Å². The number of aromatic nitrogens is 1. The molecule has 0 unspecified atom stereocenters. The lowest BCUT2D eigenvalue weighted by atomic mass is 10.1. The maximum absolute atomic E-state index is 11.7. The van der Waals surface area contributed by atoms with Crippen LogP contribution in [-0.2, 0) is 21.2 Å². The fourth-order valence-electron chi connectivity index (χ4n) is 1.79. The number of nitrogens with one attached hydrogen (secondary N) is 1. The number of carbonyl (C=O) groups is 1. The standard InChI is InChI=1S/C10H14N2O3S2/c1-7-5-16-9(12-7)4-11-10(13)8-2-3-17(14,15)6-8/h5,8H,2-4,6H2,1H3,(H,11,13)/t8-/m0/s1. The van der Waals surface area contributed by atoms with Crippen molar-refractivity contribution in [1.29, 1.82) is 0 Å². The second-order valence-electron chi connectivity index (χ2n) is 4.20. The number of rotatable bonds is 3. The van der Waals surface area contributed by atoms with E-state index in [4.69, 9.17) is 0 Å². The van der Waals surface area contributed by atoms with Crippen molar-refractivity contribution >= 4 is 27.1 Å². The maximum Gasteiger partial charge on any atom is 0.224 e. The minimum atomic E-state index is -2.99. The zero-order valence-corrected chi connectivity index (χ0v) is 11.1. The van der Waals surface area contributed by atoms with Crippen LogP contribution in [0, 0.1) is 12.8 Å². The molecule has 2 heterocycles. The van der Waals surface area contributed by atoms with Crippen molar-refractivity contribution in [3.63, 3.8) is 0 Å². The van der Waals surface area contributed by atoms with Gasteiger partial charge in [0.05, 0.1) is 24.0 Å². The molecule has 7 heteroatoms. The van der Waals surface area contributed by atoms with Crippen molar-refractivity contribution in [2.75, 3.05) is 11.5 Å². The number of sulfone groups is 1. The summed E-state index contributed by atoms with van der Waals surface area (Å²) in [5.41, 5.74) is 0.933. The Bertz CT molecular complexity index is 521. The smallest absolute Gasteiger partial charge is 0.224 e. The number of hydrogen-bond donors (Lipinski definition) is 1. The first-order valence-corrected chi connectivity index (χ1v) is 8.05. The molecule has 1 N–H and O–H groups in total. The van der Waals surface area contributed by atoms with E-state index in [9.17, 15) is 13.2 Å². The molecule has 2 rings (SSSR count). The van der Waals surface area contributed by atoms with E-state index in [0.717, 1.165) is 10.7 Å². The van der Waals surface area contributed by atoms with Gasteiger partial charge in [-0.15, -0.1) is 11.3 Å². The van der Waals surface area contributed by atoms with Crippen LogP contribution in [0.3, 0.4) is 0 Å². The van der Waals surface area contributed by atoms with E-state index in [2.05, 4.69) is 10.3 Å². The van der Waals surface area contributed by atoms with Crippen LogP contribution in [0.4, 0.5) is 0 Å². The molecule has 1 amide bonds. The molecule has 1 atom stereocenters. The van der Waals surface area contributed by atoms with Crippen molar-refractivity contribution < 1.29 is 13.2 Å². The number of thiazole rings is 1. The third-order valence-corrected chi connectivity index (χ3v) is 5.42. The summed E-state index contributed by atoms with van der Waals surface area (Å²) in [4.78, 5) is 15.9. The first kappa shape index (κ1) is 12.5. The highest BCUT2D eigenvalue weighted by molar-refractivity contribution is 7.91. The largest absolute Gasteiger partial charge is 0.349 e. The second-order valence-corrected chi connectivity index (χ2v) is 7.37. The van der Waals surface area contributed by atoms with Crippen LogP contribution in [0.25, 0.3) is 0 Å². The van der Waals surface area contributed by atoms with E-state index in [1.165, 1.54) is 11.3 Å². The van der Waals surface area contributed by atoms with Gasteiger partial charge in [0.2, 0.25) is 5.91 Å². The molecule has 5 nitrogen and oxygen atoms in total. The molecule has 1 aromatic heterocycles. The average molecular weight is 274 g/mol. The molecular formula is C10H14N2O3S2. The predicted octanol–water partition coefficient (Wildman–Crippen LogP) is 0.502. The Morgan fingerprint density at radius 1 is 1.65 bits per heavy atom. The van der Waals surface area contributed by atoms with Crippen molar-refractivity contribution in [3.8, 4) is 0 Å². The lowest BCUT2D eigenvalue weighted by Gasteiger charge is -2.07. The number of hydrogen-bond acceptors (Lipinski definition) is 5. The summed E-state index contributed by atoms with van der Waals surface area (Å²) in [6.45, 7) is 2.28. The summed E-state index contributed by atoms with van der Waals surface area (Å²) in [5.74, 6) is -0.461. The van der Waals surface area contributed by atoms with Gasteiger partial charge in [-0.2, -0.15) is 0 Å². The quantitative estimate of drug-likeness (QED) is 0.871. The molecule has 0 radical (unpaired) electrons. The van der Waals surface area contributed by atoms with Gasteiger partial charge in [0.25, 0.3) is 0 Å². The monoisotopic (exact) mass is 274 g/mol. The topological polar surface area (TPSA) is 76.1 Å². The summed E-state index contributed by atoms with van der Waals surface area (Å²) < 4.78 is 22.5. The molecule has 94 valence electrons. The van der Waals surface area contributed by atoms with Gasteiger partial charge in [-0.25, -0.2) is 13.4 Å². The molecule has 17 heavy (non-hydrogen) atoms. The molecule has 0 saturated carbocycles. The van der Waals surface area contributed by atoms with Gasteiger partial charge in [-0.3, -0.25) is 4.79 Å². The zero-order chi connectivity index (χ0) is 12.5. The van der Waals surface area contributed by atoms with Gasteiger partial charge >= 0.3 is 0 Å². The highest BCUT2D eigenvalue weighted by atomic mass is 32.2. The van der Waals surface area contributed by atoms with Crippen LogP contribution in [-0.4, -0.2) is 30.8 Å². The number of nitrogens with zero attached hydrogens (tertiary/aromatic N) is 1. The Balaban J connectivity index is 1.86. The van der Waals surface area contributed by atoms with Crippen LogP contribution in [0.2, 0.25) is 0 Å². The highest BCUT2D eigenvalue weighted by Crippen LogP contribution is 2.18. The minimum absolute atomic E-state index is 0.0181. The van der Waals surface area contributed by atoms with Crippen molar-refractivity contribution in [2.24, 2.45) is 5.92 Å². The SMILES string of the molecule is Cc1csc(CNC(=O)[C@H]2CCS(=O)(=O)C2)n1. The fraction of sp³-hybridized carbons (Fsp3) is 0.600. The third kappa shape index (κ3) is 3.26. The van der Waals surface area contributed by atoms with E-state index in [-0.39, 0.29) is 23.3 Å². The minimum Gasteiger partial charge on any atom is -0.349 e. The van der Waals surface area contributed by atoms with Crippen LogP contribution in [0.1, 0.15) is 17.1 Å². The van der Waals surface area contributed by atoms with Crippen LogP contribution in [0.15, 0.2) is 5.38 Å². The summed E-state index contributed by atoms with van der Waals surface area (Å²) >= 11 is 1.49. The van der Waals surface area contributed by atoms with Crippen molar-refractivity contribution in [1.82, 2.24) is 10.3 Å². The molecular weight excluding hydrogens is 260 g/mol. The normalized spacial score (nSPS) is 22.5. The molecule has 0 aliphatic carbocycles. The molecule has 1 fully saturated rings. The summed E-state index contributed by atoms with van der Waals surface area (Å²) in [5, 5.41) is 5.50. The van der Waals surface area contributed by atoms with Gasteiger partial charge in [0.1, 0.15) is 5.01 Å². The molecule has 1 aliphatic heterocycles. The van der Waals surface area contributed by atoms with Crippen LogP contribution < -0.4 is 5.32 Å². The lowest BCUT2D eigenvalue weighted by Crippen LogP contribution is -2.30. The van der Waals surface area contributed by atoms with E-state index in [1.54, 1.807) is 0 Å². The molecule has 0 aromatic carbocycles. The number of amides is 1. The third-order valence-electron chi connectivity index (χ3n) is 2.68. The highest BCUT2D eigenvalue weighted by Gasteiger charge is 2.32. The number of carbonyl (C=O) groups excluding carboxylic acids is 1. The Kier molecular flexibility index (Phi) is 3.48. The summed E-state index contributed by atoms with van der Waals surface area (Å²) in [7, 11) is -2.99. The average Bonchev–Trinajstić information content (AvgIpc) is 2.81. The van der Waals surface area contributed by atoms with E-state index in [0.29, 0.717) is 13.0 Å². The van der Waals surface area contributed by atoms with Gasteiger partial charge in [-0.05, 0) is 13.3 Å². The van der Waals surface area contributed by atoms with Gasteiger partial charge in [0, 0.05) is 11.1 Å². The molecule has 0 bridgehead atoms. The van der Waals surface area contributed by atoms with Crippen molar-refractivity contribution in [3.05, 3.63) is 16.1 Å². The fourth-order valence-corrected chi connectivity index (χ4v) is 4.25. The molecule has 0 spiro atoms. The zero-order valence-electron chi connectivity index (χ0n) is 9.47. The van der Waals surface area contributed by atoms with E-state index >= 15 is 0 Å². The number of aryl methyl sites for hydroxylation is 1. The van der Waals surface area contributed by atoms with E-state index in [1.807, 2.05) is 12.3 Å². The maximum atomic E-state index is 11.7. The molecule has 1 aliphatic rings. The molecule has 1 aromatic rings. The van der Waals surface area contributed by atoms with Gasteiger partial charge in [-0.1, -0.05) is 0 Å². The van der Waals surface area contributed by atoms with Crippen LogP contribution >= 0.6 is 11.3 Å². The first-order chi connectivity index (χ1) is 7.96. The summed E-state index contributed by atoms with van der Waals surface area (Å²) in [6, 6.07) is 0. The Morgan fingerprint density at radius 2 is 2.41 bits per heavy atom. The predicted molar refractivity (Wildman–Crippen MR) is 65.5 cm³/mol. The van der Waals surface area contributed by atoms with Gasteiger partial charge in [0.15, 0.2) is 9.84 Å². The molecule has 1 saturated heterocycles. The first-order valence-electron chi connectivity index (χ1n) is 5.35.